The lowest BCUT2D eigenvalue weighted by Crippen LogP contribution is -2.31. The van der Waals surface area contributed by atoms with Crippen molar-refractivity contribution in [2.24, 2.45) is 59.2 Å². The highest BCUT2D eigenvalue weighted by Gasteiger charge is 2.46. The molecule has 92 heavy (non-hydrogen) atoms. The fraction of sp³-hybridized carbons (Fsp3) is 0.887. The van der Waals surface area contributed by atoms with Crippen molar-refractivity contribution in [3.05, 3.63) is 0 Å². The molecule has 8 aliphatic heterocycles. The maximum Gasteiger partial charge on any atom is 0.257 e. The Hall–Kier alpha value is -4.59. The molecule has 0 bridgehead atoms. The van der Waals surface area contributed by atoms with Gasteiger partial charge in [-0.2, -0.15) is 0 Å². The van der Waals surface area contributed by atoms with Crippen LogP contribution in [0, 0.1) is 59.2 Å². The van der Waals surface area contributed by atoms with Crippen molar-refractivity contribution in [2.75, 3.05) is 0 Å². The van der Waals surface area contributed by atoms with Crippen LogP contribution < -0.4 is 42.5 Å². The molecule has 0 aromatic carbocycles. The van der Waals surface area contributed by atoms with Crippen molar-refractivity contribution in [3.8, 4) is 0 Å². The first kappa shape index (κ1) is 85.4. The Bertz CT molecular complexity index is 2050. The molecule has 8 saturated heterocycles. The van der Waals surface area contributed by atoms with Crippen LogP contribution in [0.5, 0.6) is 0 Å². The average Bonchev–Trinajstić information content (AvgIpc) is 1.76. The molecular formula is C71H129F5N8O8. The summed E-state index contributed by atoms with van der Waals surface area (Å²) in [6.07, 6.45) is 12.9. The van der Waals surface area contributed by atoms with Crippen molar-refractivity contribution in [1.29, 1.82) is 0 Å². The molecule has 0 radical (unpaired) electrons. The summed E-state index contributed by atoms with van der Waals surface area (Å²) in [5, 5.41) is 22.3. The number of amides is 8. The summed E-state index contributed by atoms with van der Waals surface area (Å²) < 4.78 is 66.4. The van der Waals surface area contributed by atoms with Gasteiger partial charge in [0.25, 0.3) is 29.5 Å². The fourth-order valence-corrected chi connectivity index (χ4v) is 13.2. The molecule has 0 saturated carbocycles. The molecule has 0 aromatic rings. The van der Waals surface area contributed by atoms with Gasteiger partial charge in [0, 0.05) is 98.7 Å². The van der Waals surface area contributed by atoms with Crippen molar-refractivity contribution in [2.45, 2.75) is 345 Å². The largest absolute Gasteiger partial charge is 0.353 e. The van der Waals surface area contributed by atoms with Crippen LogP contribution in [0.4, 0.5) is 22.0 Å². The predicted molar refractivity (Wildman–Crippen MR) is 359 cm³/mol. The van der Waals surface area contributed by atoms with Gasteiger partial charge < -0.3 is 42.5 Å². The average molecular weight is 1320 g/mol. The maximum atomic E-state index is 13.3. The van der Waals surface area contributed by atoms with Gasteiger partial charge in [0.2, 0.25) is 17.7 Å². The number of hydrogen-bond acceptors (Lipinski definition) is 8. The molecule has 8 rings (SSSR count). The minimum Gasteiger partial charge on any atom is -0.353 e. The molecule has 8 fully saturated rings. The lowest BCUT2D eigenvalue weighted by Gasteiger charge is -2.19. The topological polar surface area (TPSA) is 233 Å². The molecule has 0 aliphatic carbocycles. The molecule has 16 nitrogen and oxygen atoms in total. The standard InChI is InChI=1S/2C10H18FNO.3C9H16FNO.3C8H15NO/c2*1-4-7-8(5-6(2)3)12-10(13)9(7)11;3*1-6(2)4-7-5-9(3,10)8(12)11-7;3*1-6(2)5-7-3-4-8(10)9-7/h2*6-9H,4-5H2,1-3H3,(H,12,13);3*6-7H,4-5H2,1-3H3,(H,11,12);3*6-7H,3-5H2,1-2H3,(H,9,10)/t7-,8+,9-;;2*7-,9?;;2*7-;/m0.10.10./s1. The van der Waals surface area contributed by atoms with E-state index in [4.69, 9.17) is 0 Å². The zero-order valence-electron chi connectivity index (χ0n) is 60.6. The molecule has 15 atom stereocenters. The number of nitrogens with one attached hydrogen (secondary N) is 8. The van der Waals surface area contributed by atoms with Crippen LogP contribution in [0.15, 0.2) is 0 Å². The van der Waals surface area contributed by atoms with E-state index in [0.717, 1.165) is 103 Å². The third-order valence-electron chi connectivity index (χ3n) is 17.4. The van der Waals surface area contributed by atoms with Crippen LogP contribution in [0.3, 0.4) is 0 Å². The Balaban J connectivity index is 0.000000527. The number of alkyl halides is 5. The number of carbonyl (C=O) groups excluding carboxylic acids is 8. The van der Waals surface area contributed by atoms with Crippen molar-refractivity contribution in [3.63, 3.8) is 0 Å². The van der Waals surface area contributed by atoms with Crippen molar-refractivity contribution in [1.82, 2.24) is 42.5 Å². The first-order valence-corrected chi connectivity index (χ1v) is 35.2. The summed E-state index contributed by atoms with van der Waals surface area (Å²) in [4.78, 5) is 87.3. The zero-order valence-corrected chi connectivity index (χ0v) is 60.6. The second-order valence-corrected chi connectivity index (χ2v) is 31.3. The van der Waals surface area contributed by atoms with Gasteiger partial charge in [-0.05, 0) is 152 Å². The molecular weight excluding hydrogens is 1190 g/mol. The third-order valence-corrected chi connectivity index (χ3v) is 17.4. The van der Waals surface area contributed by atoms with Gasteiger partial charge in [-0.1, -0.05) is 125 Å². The van der Waals surface area contributed by atoms with Gasteiger partial charge >= 0.3 is 0 Å². The fourth-order valence-electron chi connectivity index (χ4n) is 13.2. The predicted octanol–water partition coefficient (Wildman–Crippen LogP) is 12.7. The first-order valence-electron chi connectivity index (χ1n) is 35.2. The normalized spacial score (nSPS) is 31.9. The summed E-state index contributed by atoms with van der Waals surface area (Å²) in [7, 11) is 0. The lowest BCUT2D eigenvalue weighted by atomic mass is 9.90. The molecule has 8 amide bonds. The van der Waals surface area contributed by atoms with E-state index < -0.39 is 58.9 Å². The van der Waals surface area contributed by atoms with Gasteiger partial charge in [0.1, 0.15) is 0 Å². The van der Waals surface area contributed by atoms with Gasteiger partial charge in [0.05, 0.1) is 0 Å². The van der Waals surface area contributed by atoms with E-state index in [2.05, 4.69) is 153 Å². The number of rotatable bonds is 18. The van der Waals surface area contributed by atoms with Gasteiger partial charge in [-0.15, -0.1) is 0 Å². The highest BCUT2D eigenvalue weighted by atomic mass is 19.2. The Morgan fingerprint density at radius 2 is 0.543 bits per heavy atom. The van der Waals surface area contributed by atoms with Gasteiger partial charge in [0.15, 0.2) is 29.3 Å². The first-order chi connectivity index (χ1) is 42.4. The molecule has 8 unspecified atom stereocenters. The minimum absolute atomic E-state index is 0.0347. The van der Waals surface area contributed by atoms with Crippen LogP contribution >= 0.6 is 0 Å². The molecule has 21 heteroatoms. The van der Waals surface area contributed by atoms with Gasteiger partial charge in [-0.25, -0.2) is 22.0 Å². The second-order valence-electron chi connectivity index (χ2n) is 31.3. The minimum atomic E-state index is -1.64. The van der Waals surface area contributed by atoms with Crippen LogP contribution in [0.1, 0.15) is 267 Å². The van der Waals surface area contributed by atoms with Crippen LogP contribution in [-0.4, -0.2) is 125 Å². The highest BCUT2D eigenvalue weighted by Crippen LogP contribution is 2.32. The number of halogens is 5. The van der Waals surface area contributed by atoms with E-state index in [-0.39, 0.29) is 59.8 Å². The SMILES string of the molecule is CC(C)CC1CC(C)(F)C(=O)N1.CC(C)CC1CCC(=O)N1.CC(C)C[C@@H]1CC(C)(F)C(=O)N1.CC(C)C[C@@H]1CCC(=O)N1.CC(C)C[C@H]1CC(C)(F)C(=O)N1.CC(C)C[C@H]1CCC(=O)N1.CCC1C(CC(C)C)NC(=O)C1F.CC[C@@H]1[C@H](F)C(=O)N[C@@H]1CC(C)C. The quantitative estimate of drug-likeness (QED) is 0.0614. The van der Waals surface area contributed by atoms with Crippen LogP contribution in [-0.2, 0) is 38.4 Å². The summed E-state index contributed by atoms with van der Waals surface area (Å²) in [6, 6.07) is 1.60. The summed E-state index contributed by atoms with van der Waals surface area (Å²) in [5.74, 6) is 2.87. The summed E-state index contributed by atoms with van der Waals surface area (Å²) in [6.45, 7) is 41.8. The van der Waals surface area contributed by atoms with E-state index in [1.165, 1.54) is 20.8 Å². The van der Waals surface area contributed by atoms with Crippen molar-refractivity contribution >= 4 is 47.3 Å². The molecule has 8 heterocycles. The zero-order chi connectivity index (χ0) is 70.8. The highest BCUT2D eigenvalue weighted by molar-refractivity contribution is 5.88. The van der Waals surface area contributed by atoms with E-state index in [1.807, 2.05) is 13.8 Å². The monoisotopic (exact) mass is 1320 g/mol. The maximum absolute atomic E-state index is 13.3. The number of hydrogen-bond donors (Lipinski definition) is 8. The summed E-state index contributed by atoms with van der Waals surface area (Å²) in [5.41, 5.74) is -4.92. The van der Waals surface area contributed by atoms with Crippen molar-refractivity contribution < 1.29 is 60.3 Å². The summed E-state index contributed by atoms with van der Waals surface area (Å²) >= 11 is 0. The molecule has 536 valence electrons. The van der Waals surface area contributed by atoms with Crippen LogP contribution in [0.2, 0.25) is 0 Å². The Labute approximate surface area is 552 Å². The molecule has 8 aliphatic rings. The Morgan fingerprint density at radius 1 is 0.337 bits per heavy atom. The molecule has 0 spiro atoms. The smallest absolute Gasteiger partial charge is 0.257 e. The van der Waals surface area contributed by atoms with E-state index in [9.17, 15) is 60.3 Å². The molecule has 8 N–H and O–H groups in total. The van der Waals surface area contributed by atoms with E-state index in [0.29, 0.717) is 84.7 Å². The van der Waals surface area contributed by atoms with Gasteiger partial charge in [-0.3, -0.25) is 38.4 Å². The van der Waals surface area contributed by atoms with Crippen LogP contribution in [0.25, 0.3) is 0 Å². The van der Waals surface area contributed by atoms with E-state index >= 15 is 0 Å². The lowest BCUT2D eigenvalue weighted by molar-refractivity contribution is -0.128. The Kier molecular flexibility index (Phi) is 37.8. The molecule has 0 aromatic heterocycles. The number of carbonyl (C=O) groups is 8. The van der Waals surface area contributed by atoms with E-state index in [1.54, 1.807) is 0 Å². The second kappa shape index (κ2) is 40.7. The third kappa shape index (κ3) is 33.2. The Morgan fingerprint density at radius 3 is 0.696 bits per heavy atom.